The Morgan fingerprint density at radius 1 is 1.58 bits per heavy atom. The van der Waals surface area contributed by atoms with Crippen molar-refractivity contribution in [3.8, 4) is 5.75 Å². The molecule has 1 aromatic rings. The fraction of sp³-hybridized carbons (Fsp3) is 0.167. The van der Waals surface area contributed by atoms with Gasteiger partial charge in [0.2, 0.25) is 5.95 Å². The molecule has 64 valence electrons. The van der Waals surface area contributed by atoms with Gasteiger partial charge in [-0.2, -0.15) is 4.39 Å². The summed E-state index contributed by atoms with van der Waals surface area (Å²) in [6.07, 6.45) is 1.01. The van der Waals surface area contributed by atoms with Crippen LogP contribution in [0.15, 0.2) is 12.3 Å². The van der Waals surface area contributed by atoms with Crippen molar-refractivity contribution in [3.05, 3.63) is 18.2 Å². The van der Waals surface area contributed by atoms with Crippen molar-refractivity contribution < 1.29 is 19.2 Å². The van der Waals surface area contributed by atoms with E-state index >= 15 is 0 Å². The summed E-state index contributed by atoms with van der Waals surface area (Å²) in [7, 11) is -0.395. The first kappa shape index (κ1) is 8.96. The molecule has 1 rings (SSSR count). The van der Waals surface area contributed by atoms with E-state index in [1.165, 1.54) is 7.11 Å². The molecule has 0 aliphatic heterocycles. The Morgan fingerprint density at radius 2 is 2.25 bits per heavy atom. The number of methoxy groups -OCH3 is 1. The summed E-state index contributed by atoms with van der Waals surface area (Å²) in [5.74, 6) is -0.659. The first-order valence-electron chi connectivity index (χ1n) is 3.20. The van der Waals surface area contributed by atoms with Crippen LogP contribution in [0, 0.1) is 5.95 Å². The van der Waals surface area contributed by atoms with Crippen LogP contribution in [0.4, 0.5) is 4.39 Å². The Balaban J connectivity index is 3.11. The first-order valence-corrected chi connectivity index (χ1v) is 3.20. The lowest BCUT2D eigenvalue weighted by Crippen LogP contribution is -2.31. The van der Waals surface area contributed by atoms with Crippen molar-refractivity contribution in [1.82, 2.24) is 4.98 Å². The predicted octanol–water partition coefficient (Wildman–Crippen LogP) is -1.09. The number of rotatable bonds is 2. The monoisotopic (exact) mass is 171 g/mol. The van der Waals surface area contributed by atoms with Gasteiger partial charge in [0.25, 0.3) is 0 Å². The Bertz CT molecular complexity index is 281. The molecule has 0 saturated heterocycles. The van der Waals surface area contributed by atoms with Gasteiger partial charge in [-0.05, 0) is 0 Å². The Morgan fingerprint density at radius 3 is 2.75 bits per heavy atom. The molecule has 0 aliphatic carbocycles. The number of pyridine rings is 1. The number of hydrogen-bond donors (Lipinski definition) is 2. The fourth-order valence-electron chi connectivity index (χ4n) is 0.794. The van der Waals surface area contributed by atoms with Crippen molar-refractivity contribution in [2.45, 2.75) is 0 Å². The SMILES string of the molecule is COc1cc(F)ncc1B(O)O. The summed E-state index contributed by atoms with van der Waals surface area (Å²) in [6, 6.07) is 0.981. The standard InChI is InChI=1S/C6H7BFNO3/c1-12-5-2-6(8)9-3-4(5)7(10)11/h2-3,10-11H,1H3. The Labute approximate surface area is 68.8 Å². The van der Waals surface area contributed by atoms with E-state index in [1.807, 2.05) is 0 Å². The van der Waals surface area contributed by atoms with E-state index < -0.39 is 13.1 Å². The zero-order chi connectivity index (χ0) is 9.14. The summed E-state index contributed by atoms with van der Waals surface area (Å²) in [5, 5.41) is 17.5. The molecule has 12 heavy (non-hydrogen) atoms. The molecule has 0 unspecified atom stereocenters. The summed E-state index contributed by atoms with van der Waals surface area (Å²) in [4.78, 5) is 3.24. The maximum absolute atomic E-state index is 12.4. The normalized spacial score (nSPS) is 9.67. The molecule has 0 bridgehead atoms. The van der Waals surface area contributed by atoms with Gasteiger partial charge in [-0.1, -0.05) is 0 Å². The molecule has 2 N–H and O–H groups in total. The van der Waals surface area contributed by atoms with Gasteiger partial charge in [-0.15, -0.1) is 0 Å². The van der Waals surface area contributed by atoms with Gasteiger partial charge in [0.05, 0.1) is 7.11 Å². The molecule has 0 amide bonds. The van der Waals surface area contributed by atoms with Crippen molar-refractivity contribution in [1.29, 1.82) is 0 Å². The van der Waals surface area contributed by atoms with Gasteiger partial charge in [-0.3, -0.25) is 0 Å². The third-order valence-electron chi connectivity index (χ3n) is 1.36. The average molecular weight is 171 g/mol. The largest absolute Gasteiger partial charge is 0.497 e. The minimum absolute atomic E-state index is 0.0406. The second-order valence-corrected chi connectivity index (χ2v) is 2.12. The third kappa shape index (κ3) is 1.72. The van der Waals surface area contributed by atoms with Crippen LogP contribution >= 0.6 is 0 Å². The number of ether oxygens (including phenoxy) is 1. The number of aromatic nitrogens is 1. The molecule has 0 aliphatic rings. The van der Waals surface area contributed by atoms with Gasteiger partial charge in [0.1, 0.15) is 5.75 Å². The quantitative estimate of drug-likeness (QED) is 0.438. The van der Waals surface area contributed by atoms with E-state index in [4.69, 9.17) is 10.0 Å². The Kier molecular flexibility index (Phi) is 2.62. The van der Waals surface area contributed by atoms with Gasteiger partial charge in [0.15, 0.2) is 0 Å². The van der Waals surface area contributed by atoms with Crippen molar-refractivity contribution >= 4 is 12.6 Å². The van der Waals surface area contributed by atoms with Crippen molar-refractivity contribution in [2.24, 2.45) is 0 Å². The average Bonchev–Trinajstić information content (AvgIpc) is 2.03. The molecule has 0 atom stereocenters. The molecule has 0 spiro atoms. The number of hydrogen-bond acceptors (Lipinski definition) is 4. The lowest BCUT2D eigenvalue weighted by atomic mass is 9.81. The molecule has 0 saturated carbocycles. The van der Waals surface area contributed by atoms with E-state index in [-0.39, 0.29) is 11.2 Å². The lowest BCUT2D eigenvalue weighted by Gasteiger charge is -2.05. The molecule has 6 heteroatoms. The summed E-state index contributed by atoms with van der Waals surface area (Å²) in [6.45, 7) is 0. The third-order valence-corrected chi connectivity index (χ3v) is 1.36. The van der Waals surface area contributed by atoms with E-state index in [1.54, 1.807) is 0 Å². The highest BCUT2D eigenvalue weighted by Gasteiger charge is 2.17. The minimum atomic E-state index is -1.70. The lowest BCUT2D eigenvalue weighted by molar-refractivity contribution is 0.399. The van der Waals surface area contributed by atoms with Crippen molar-refractivity contribution in [3.63, 3.8) is 0 Å². The molecule has 0 radical (unpaired) electrons. The number of halogens is 1. The van der Waals surface area contributed by atoms with Crippen LogP contribution in [0.3, 0.4) is 0 Å². The maximum Gasteiger partial charge on any atom is 0.493 e. The van der Waals surface area contributed by atoms with E-state index in [9.17, 15) is 4.39 Å². The molecule has 4 nitrogen and oxygen atoms in total. The highest BCUT2D eigenvalue weighted by Crippen LogP contribution is 2.06. The second-order valence-electron chi connectivity index (χ2n) is 2.12. The van der Waals surface area contributed by atoms with Crippen molar-refractivity contribution in [2.75, 3.05) is 7.11 Å². The Hall–Kier alpha value is -1.14. The summed E-state index contributed by atoms with van der Waals surface area (Å²) in [5.41, 5.74) is 0.0406. The summed E-state index contributed by atoms with van der Waals surface area (Å²) >= 11 is 0. The molecular weight excluding hydrogens is 164 g/mol. The van der Waals surface area contributed by atoms with Crippen LogP contribution in [0.2, 0.25) is 0 Å². The maximum atomic E-state index is 12.4. The van der Waals surface area contributed by atoms with Crippen LogP contribution < -0.4 is 10.2 Å². The molecule has 1 heterocycles. The molecule has 0 aromatic carbocycles. The second kappa shape index (κ2) is 3.51. The topological polar surface area (TPSA) is 62.6 Å². The predicted molar refractivity (Wildman–Crippen MR) is 40.6 cm³/mol. The highest BCUT2D eigenvalue weighted by molar-refractivity contribution is 6.59. The summed E-state index contributed by atoms with van der Waals surface area (Å²) < 4.78 is 17.1. The van der Waals surface area contributed by atoms with Crippen LogP contribution in [0.25, 0.3) is 0 Å². The van der Waals surface area contributed by atoms with E-state index in [2.05, 4.69) is 9.72 Å². The van der Waals surface area contributed by atoms with Gasteiger partial charge in [-0.25, -0.2) is 4.98 Å². The molecule has 0 fully saturated rings. The number of nitrogens with zero attached hydrogens (tertiary/aromatic N) is 1. The van der Waals surface area contributed by atoms with Crippen LogP contribution in [0.5, 0.6) is 5.75 Å². The van der Waals surface area contributed by atoms with Crippen LogP contribution in [0.1, 0.15) is 0 Å². The van der Waals surface area contributed by atoms with E-state index in [0.717, 1.165) is 12.3 Å². The van der Waals surface area contributed by atoms with Gasteiger partial charge < -0.3 is 14.8 Å². The first-order chi connectivity index (χ1) is 5.65. The highest BCUT2D eigenvalue weighted by atomic mass is 19.1. The van der Waals surface area contributed by atoms with Gasteiger partial charge >= 0.3 is 7.12 Å². The fourth-order valence-corrected chi connectivity index (χ4v) is 0.794. The van der Waals surface area contributed by atoms with Crippen LogP contribution in [-0.2, 0) is 0 Å². The van der Waals surface area contributed by atoms with E-state index in [0.29, 0.717) is 0 Å². The smallest absolute Gasteiger partial charge is 0.493 e. The zero-order valence-electron chi connectivity index (χ0n) is 6.36. The minimum Gasteiger partial charge on any atom is -0.497 e. The molecular formula is C6H7BFNO3. The zero-order valence-corrected chi connectivity index (χ0v) is 6.36. The van der Waals surface area contributed by atoms with Gasteiger partial charge in [0, 0.05) is 17.7 Å². The molecule has 1 aromatic heterocycles. The van der Waals surface area contributed by atoms with Crippen LogP contribution in [-0.4, -0.2) is 29.3 Å².